The van der Waals surface area contributed by atoms with Crippen molar-refractivity contribution in [1.82, 2.24) is 14.8 Å². The second-order valence-electron chi connectivity index (χ2n) is 3.42. The largest absolute Gasteiger partial charge is 0.392 e. The minimum atomic E-state index is 0.00877. The number of aromatic nitrogens is 3. The first-order chi connectivity index (χ1) is 7.72. The Morgan fingerprint density at radius 2 is 2.25 bits per heavy atom. The summed E-state index contributed by atoms with van der Waals surface area (Å²) in [7, 11) is 1.87. The van der Waals surface area contributed by atoms with E-state index in [1.807, 2.05) is 32.2 Å². The van der Waals surface area contributed by atoms with E-state index in [2.05, 4.69) is 10.1 Å². The highest BCUT2D eigenvalue weighted by Crippen LogP contribution is 2.29. The van der Waals surface area contributed by atoms with Crippen LogP contribution in [0.5, 0.6) is 0 Å². The van der Waals surface area contributed by atoms with Gasteiger partial charge in [-0.25, -0.2) is 4.98 Å². The molecule has 2 aromatic rings. The number of hydrogen-bond acceptors (Lipinski definition) is 4. The smallest absolute Gasteiger partial charge is 0.106 e. The summed E-state index contributed by atoms with van der Waals surface area (Å²) in [5, 5.41) is 15.4. The Bertz CT molecular complexity index is 481. The van der Waals surface area contributed by atoms with E-state index in [4.69, 9.17) is 0 Å². The highest BCUT2D eigenvalue weighted by atomic mass is 32.2. The van der Waals surface area contributed by atoms with E-state index in [0.29, 0.717) is 0 Å². The maximum atomic E-state index is 9.30. The summed E-state index contributed by atoms with van der Waals surface area (Å²) in [4.78, 5) is 4.24. The van der Waals surface area contributed by atoms with Crippen molar-refractivity contribution in [3.8, 4) is 0 Å². The number of aliphatic hydroxyl groups excluding tert-OH is 1. The molecule has 0 bridgehead atoms. The van der Waals surface area contributed by atoms with Gasteiger partial charge in [-0.1, -0.05) is 17.8 Å². The molecule has 0 spiro atoms. The van der Waals surface area contributed by atoms with Crippen molar-refractivity contribution in [3.05, 3.63) is 35.7 Å². The third-order valence-corrected chi connectivity index (χ3v) is 3.44. The molecule has 0 atom stereocenters. The lowest BCUT2D eigenvalue weighted by Crippen LogP contribution is -1.94. The predicted octanol–water partition coefficient (Wildman–Crippen LogP) is 1.77. The Kier molecular flexibility index (Phi) is 3.26. The van der Waals surface area contributed by atoms with E-state index in [0.717, 1.165) is 21.3 Å². The maximum Gasteiger partial charge on any atom is 0.106 e. The molecule has 16 heavy (non-hydrogen) atoms. The molecular formula is C11H13N3OS. The third kappa shape index (κ3) is 2.10. The Morgan fingerprint density at radius 3 is 2.88 bits per heavy atom. The first kappa shape index (κ1) is 11.2. The summed E-state index contributed by atoms with van der Waals surface area (Å²) in [5.74, 6) is 0. The minimum Gasteiger partial charge on any atom is -0.392 e. The van der Waals surface area contributed by atoms with Crippen molar-refractivity contribution in [1.29, 1.82) is 0 Å². The fourth-order valence-electron chi connectivity index (χ4n) is 1.50. The number of nitrogens with zero attached hydrogens (tertiary/aromatic N) is 3. The van der Waals surface area contributed by atoms with Crippen LogP contribution in [0.3, 0.4) is 0 Å². The van der Waals surface area contributed by atoms with Crippen molar-refractivity contribution in [2.45, 2.75) is 23.6 Å². The van der Waals surface area contributed by atoms with Crippen molar-refractivity contribution in [3.63, 3.8) is 0 Å². The molecule has 0 unspecified atom stereocenters. The topological polar surface area (TPSA) is 50.9 Å². The van der Waals surface area contributed by atoms with Crippen LogP contribution in [0.15, 0.2) is 34.4 Å². The SMILES string of the molecule is Cc1nn(C)c(Sc2ccccn2)c1CO. The van der Waals surface area contributed by atoms with Crippen LogP contribution in [0.25, 0.3) is 0 Å². The number of aryl methyl sites for hydroxylation is 2. The highest BCUT2D eigenvalue weighted by Gasteiger charge is 2.13. The molecule has 5 heteroatoms. The van der Waals surface area contributed by atoms with Crippen LogP contribution in [-0.2, 0) is 13.7 Å². The first-order valence-corrected chi connectivity index (χ1v) is 5.76. The quantitative estimate of drug-likeness (QED) is 0.881. The van der Waals surface area contributed by atoms with Crippen LogP contribution in [0.4, 0.5) is 0 Å². The zero-order valence-electron chi connectivity index (χ0n) is 9.21. The second-order valence-corrected chi connectivity index (χ2v) is 4.43. The van der Waals surface area contributed by atoms with Crippen LogP contribution >= 0.6 is 11.8 Å². The molecule has 0 fully saturated rings. The van der Waals surface area contributed by atoms with Crippen LogP contribution in [0, 0.1) is 6.92 Å². The summed E-state index contributed by atoms with van der Waals surface area (Å²) in [6.45, 7) is 1.91. The molecule has 4 nitrogen and oxygen atoms in total. The minimum absolute atomic E-state index is 0.00877. The summed E-state index contributed by atoms with van der Waals surface area (Å²) in [6.07, 6.45) is 1.75. The van der Waals surface area contributed by atoms with Gasteiger partial charge in [0.2, 0.25) is 0 Å². The lowest BCUT2D eigenvalue weighted by atomic mass is 10.3. The Hall–Kier alpha value is -1.33. The average molecular weight is 235 g/mol. The molecule has 0 aliphatic carbocycles. The standard InChI is InChI=1S/C11H13N3OS/c1-8-9(7-15)11(14(2)13-8)16-10-5-3-4-6-12-10/h3-6,15H,7H2,1-2H3. The summed E-state index contributed by atoms with van der Waals surface area (Å²) in [5.41, 5.74) is 1.74. The zero-order chi connectivity index (χ0) is 11.5. The number of aliphatic hydroxyl groups is 1. The predicted molar refractivity (Wildman–Crippen MR) is 62.2 cm³/mol. The molecular weight excluding hydrogens is 222 g/mol. The van der Waals surface area contributed by atoms with E-state index in [9.17, 15) is 5.11 Å². The lowest BCUT2D eigenvalue weighted by molar-refractivity contribution is 0.277. The Labute approximate surface area is 98.3 Å². The maximum absolute atomic E-state index is 9.30. The third-order valence-electron chi connectivity index (χ3n) is 2.29. The van der Waals surface area contributed by atoms with Gasteiger partial charge in [-0.3, -0.25) is 4.68 Å². The highest BCUT2D eigenvalue weighted by molar-refractivity contribution is 7.99. The van der Waals surface area contributed by atoms with Gasteiger partial charge in [0.25, 0.3) is 0 Å². The molecule has 0 aromatic carbocycles. The molecule has 2 heterocycles. The van der Waals surface area contributed by atoms with Crippen molar-refractivity contribution in [2.75, 3.05) is 0 Å². The van der Waals surface area contributed by atoms with Crippen LogP contribution in [0.1, 0.15) is 11.3 Å². The normalized spacial score (nSPS) is 10.7. The van der Waals surface area contributed by atoms with Gasteiger partial charge in [-0.15, -0.1) is 0 Å². The summed E-state index contributed by atoms with van der Waals surface area (Å²) < 4.78 is 1.78. The van der Waals surface area contributed by atoms with Gasteiger partial charge in [0.05, 0.1) is 12.3 Å². The van der Waals surface area contributed by atoms with Gasteiger partial charge < -0.3 is 5.11 Å². The van der Waals surface area contributed by atoms with Crippen LogP contribution in [0.2, 0.25) is 0 Å². The van der Waals surface area contributed by atoms with Gasteiger partial charge in [0.1, 0.15) is 10.1 Å². The lowest BCUT2D eigenvalue weighted by Gasteiger charge is -2.03. The van der Waals surface area contributed by atoms with Crippen molar-refractivity contribution in [2.24, 2.45) is 7.05 Å². The number of rotatable bonds is 3. The second kappa shape index (κ2) is 4.67. The average Bonchev–Trinajstić information content (AvgIpc) is 2.55. The van der Waals surface area contributed by atoms with E-state index < -0.39 is 0 Å². The number of pyridine rings is 1. The molecule has 0 aliphatic heterocycles. The monoisotopic (exact) mass is 235 g/mol. The van der Waals surface area contributed by atoms with E-state index in [1.165, 1.54) is 11.8 Å². The van der Waals surface area contributed by atoms with Crippen LogP contribution in [-0.4, -0.2) is 19.9 Å². The fraction of sp³-hybridized carbons (Fsp3) is 0.273. The molecule has 0 aliphatic rings. The molecule has 0 saturated carbocycles. The van der Waals surface area contributed by atoms with Gasteiger partial charge in [-0.05, 0) is 19.1 Å². The van der Waals surface area contributed by atoms with Gasteiger partial charge >= 0.3 is 0 Å². The molecule has 1 N–H and O–H groups in total. The first-order valence-electron chi connectivity index (χ1n) is 4.94. The van der Waals surface area contributed by atoms with E-state index >= 15 is 0 Å². The van der Waals surface area contributed by atoms with Gasteiger partial charge in [0, 0.05) is 18.8 Å². The molecule has 0 radical (unpaired) electrons. The van der Waals surface area contributed by atoms with Crippen LogP contribution < -0.4 is 0 Å². The Balaban J connectivity index is 2.34. The zero-order valence-corrected chi connectivity index (χ0v) is 10.0. The van der Waals surface area contributed by atoms with E-state index in [-0.39, 0.29) is 6.61 Å². The summed E-state index contributed by atoms with van der Waals surface area (Å²) >= 11 is 1.52. The van der Waals surface area contributed by atoms with Crippen molar-refractivity contribution >= 4 is 11.8 Å². The molecule has 84 valence electrons. The van der Waals surface area contributed by atoms with Gasteiger partial charge in [0.15, 0.2) is 0 Å². The van der Waals surface area contributed by atoms with Gasteiger partial charge in [-0.2, -0.15) is 5.10 Å². The summed E-state index contributed by atoms with van der Waals surface area (Å²) in [6, 6.07) is 5.76. The molecule has 2 rings (SSSR count). The van der Waals surface area contributed by atoms with Crippen molar-refractivity contribution < 1.29 is 5.11 Å². The molecule has 2 aromatic heterocycles. The number of hydrogen-bond donors (Lipinski definition) is 1. The molecule has 0 saturated heterocycles. The Morgan fingerprint density at radius 1 is 1.44 bits per heavy atom. The van der Waals surface area contributed by atoms with E-state index in [1.54, 1.807) is 10.9 Å². The fourth-order valence-corrected chi connectivity index (χ4v) is 2.46. The molecule has 0 amide bonds.